The van der Waals surface area contributed by atoms with Crippen LogP contribution in [-0.4, -0.2) is 19.2 Å². The van der Waals surface area contributed by atoms with Gasteiger partial charge in [-0.15, -0.1) is 0 Å². The van der Waals surface area contributed by atoms with E-state index in [0.29, 0.717) is 6.10 Å². The Morgan fingerprint density at radius 3 is 3.18 bits per heavy atom. The molecule has 1 saturated heterocycles. The van der Waals surface area contributed by atoms with Crippen LogP contribution in [0, 0.1) is 0 Å². The molecule has 1 N–H and O–H groups in total. The van der Waals surface area contributed by atoms with E-state index in [2.05, 4.69) is 5.32 Å². The number of nitrogens with one attached hydrogen (secondary N) is 1. The van der Waals surface area contributed by atoms with Crippen LogP contribution in [0.2, 0.25) is 0 Å². The molecular weight excluding hydrogens is 214 g/mol. The minimum atomic E-state index is 0.325. The lowest BCUT2D eigenvalue weighted by Gasteiger charge is -2.17. The van der Waals surface area contributed by atoms with Crippen LogP contribution in [0.15, 0.2) is 34.9 Å². The molecule has 1 fully saturated rings. The zero-order valence-electron chi connectivity index (χ0n) is 9.82. The maximum atomic E-state index is 6.11. The molecule has 90 valence electrons. The van der Waals surface area contributed by atoms with Gasteiger partial charge in [0.25, 0.3) is 0 Å². The van der Waals surface area contributed by atoms with Gasteiger partial charge in [-0.25, -0.2) is 0 Å². The highest BCUT2D eigenvalue weighted by Crippen LogP contribution is 2.28. The minimum absolute atomic E-state index is 0.325. The second kappa shape index (κ2) is 4.80. The van der Waals surface area contributed by atoms with Gasteiger partial charge in [-0.05, 0) is 50.6 Å². The quantitative estimate of drug-likeness (QED) is 0.862. The Kier molecular flexibility index (Phi) is 3.01. The third-order valence-corrected chi connectivity index (χ3v) is 3.27. The summed E-state index contributed by atoms with van der Waals surface area (Å²) in [6.07, 6.45) is 5.43. The Morgan fingerprint density at radius 1 is 1.18 bits per heavy atom. The van der Waals surface area contributed by atoms with Gasteiger partial charge < -0.3 is 14.5 Å². The van der Waals surface area contributed by atoms with Crippen molar-refractivity contribution in [3.8, 4) is 5.75 Å². The van der Waals surface area contributed by atoms with Crippen molar-refractivity contribution in [2.24, 2.45) is 0 Å². The summed E-state index contributed by atoms with van der Waals surface area (Å²) < 4.78 is 11.5. The topological polar surface area (TPSA) is 34.4 Å². The summed E-state index contributed by atoms with van der Waals surface area (Å²) in [7, 11) is 0. The first kappa shape index (κ1) is 10.7. The smallest absolute Gasteiger partial charge is 0.137 e. The van der Waals surface area contributed by atoms with Gasteiger partial charge in [0, 0.05) is 0 Å². The van der Waals surface area contributed by atoms with Gasteiger partial charge in [0.15, 0.2) is 0 Å². The van der Waals surface area contributed by atoms with Crippen molar-refractivity contribution in [3.05, 3.63) is 30.5 Å². The highest BCUT2D eigenvalue weighted by molar-refractivity contribution is 5.83. The van der Waals surface area contributed by atoms with Gasteiger partial charge in [-0.2, -0.15) is 0 Å². The standard InChI is InChI=1S/C14H17NO2/c1-4-13-12(7-10-16-13)14(5-1)17-11-3-2-8-15-9-6-11/h1,4-5,7,10-11,15H,2-3,6,8-9H2. The Morgan fingerprint density at radius 2 is 2.18 bits per heavy atom. The molecule has 2 aromatic rings. The first-order valence-electron chi connectivity index (χ1n) is 6.27. The molecule has 1 atom stereocenters. The van der Waals surface area contributed by atoms with Crippen molar-refractivity contribution in [3.63, 3.8) is 0 Å². The Bertz CT molecular complexity index is 484. The first-order valence-corrected chi connectivity index (χ1v) is 6.27. The molecule has 0 spiro atoms. The molecule has 1 aliphatic rings. The number of furan rings is 1. The largest absolute Gasteiger partial charge is 0.490 e. The fourth-order valence-electron chi connectivity index (χ4n) is 2.35. The lowest BCUT2D eigenvalue weighted by Crippen LogP contribution is -2.19. The Labute approximate surface area is 101 Å². The average molecular weight is 231 g/mol. The van der Waals surface area contributed by atoms with Crippen molar-refractivity contribution in [2.75, 3.05) is 13.1 Å². The van der Waals surface area contributed by atoms with Crippen LogP contribution in [0.3, 0.4) is 0 Å². The van der Waals surface area contributed by atoms with Gasteiger partial charge in [-0.1, -0.05) is 6.07 Å². The molecular formula is C14H17NO2. The van der Waals surface area contributed by atoms with Gasteiger partial charge in [-0.3, -0.25) is 0 Å². The van der Waals surface area contributed by atoms with Gasteiger partial charge in [0.2, 0.25) is 0 Å². The van der Waals surface area contributed by atoms with Gasteiger partial charge in [0.1, 0.15) is 11.3 Å². The second-order valence-electron chi connectivity index (χ2n) is 4.51. The lowest BCUT2D eigenvalue weighted by molar-refractivity contribution is 0.190. The fraction of sp³-hybridized carbons (Fsp3) is 0.429. The van der Waals surface area contributed by atoms with E-state index in [1.165, 1.54) is 6.42 Å². The highest BCUT2D eigenvalue weighted by atomic mass is 16.5. The third kappa shape index (κ3) is 2.29. The van der Waals surface area contributed by atoms with Crippen molar-refractivity contribution in [1.82, 2.24) is 5.32 Å². The Hall–Kier alpha value is -1.48. The van der Waals surface area contributed by atoms with Crippen molar-refractivity contribution < 1.29 is 9.15 Å². The SMILES string of the molecule is c1cc(OC2CCCNCC2)c2ccoc2c1. The molecule has 0 amide bonds. The van der Waals surface area contributed by atoms with Gasteiger partial charge >= 0.3 is 0 Å². The zero-order valence-corrected chi connectivity index (χ0v) is 9.82. The molecule has 2 heterocycles. The Balaban J connectivity index is 1.81. The van der Waals surface area contributed by atoms with Crippen LogP contribution < -0.4 is 10.1 Å². The van der Waals surface area contributed by atoms with E-state index in [-0.39, 0.29) is 0 Å². The first-order chi connectivity index (χ1) is 8.43. The third-order valence-electron chi connectivity index (χ3n) is 3.27. The summed E-state index contributed by atoms with van der Waals surface area (Å²) in [5, 5.41) is 4.47. The summed E-state index contributed by atoms with van der Waals surface area (Å²) in [5.41, 5.74) is 0.897. The van der Waals surface area contributed by atoms with Crippen LogP contribution in [-0.2, 0) is 0 Å². The summed E-state index contributed by atoms with van der Waals surface area (Å²) >= 11 is 0. The molecule has 1 aliphatic heterocycles. The van der Waals surface area contributed by atoms with Crippen LogP contribution >= 0.6 is 0 Å². The molecule has 3 heteroatoms. The van der Waals surface area contributed by atoms with Crippen LogP contribution in [0.5, 0.6) is 5.75 Å². The van der Waals surface area contributed by atoms with E-state index >= 15 is 0 Å². The molecule has 17 heavy (non-hydrogen) atoms. The number of ether oxygens (including phenoxy) is 1. The zero-order chi connectivity index (χ0) is 11.5. The molecule has 1 aromatic heterocycles. The van der Waals surface area contributed by atoms with E-state index in [1.807, 2.05) is 24.3 Å². The van der Waals surface area contributed by atoms with E-state index in [0.717, 1.165) is 42.6 Å². The maximum absolute atomic E-state index is 6.11. The number of rotatable bonds is 2. The second-order valence-corrected chi connectivity index (χ2v) is 4.51. The van der Waals surface area contributed by atoms with Crippen LogP contribution in [0.4, 0.5) is 0 Å². The minimum Gasteiger partial charge on any atom is -0.490 e. The molecule has 1 aromatic carbocycles. The fourth-order valence-corrected chi connectivity index (χ4v) is 2.35. The summed E-state index contributed by atoms with van der Waals surface area (Å²) in [6.45, 7) is 2.15. The molecule has 0 saturated carbocycles. The van der Waals surface area contributed by atoms with Crippen molar-refractivity contribution >= 4 is 11.0 Å². The molecule has 0 radical (unpaired) electrons. The van der Waals surface area contributed by atoms with E-state index in [4.69, 9.17) is 9.15 Å². The highest BCUT2D eigenvalue weighted by Gasteiger charge is 2.15. The predicted molar refractivity (Wildman–Crippen MR) is 67.4 cm³/mol. The van der Waals surface area contributed by atoms with E-state index in [1.54, 1.807) is 6.26 Å². The molecule has 3 rings (SSSR count). The van der Waals surface area contributed by atoms with Crippen molar-refractivity contribution in [1.29, 1.82) is 0 Å². The maximum Gasteiger partial charge on any atom is 0.137 e. The summed E-state index contributed by atoms with van der Waals surface area (Å²) in [5.74, 6) is 0.947. The number of hydrogen-bond donors (Lipinski definition) is 1. The average Bonchev–Trinajstić information content (AvgIpc) is 2.69. The predicted octanol–water partition coefficient (Wildman–Crippen LogP) is 2.95. The summed E-state index contributed by atoms with van der Waals surface area (Å²) in [6, 6.07) is 7.95. The molecule has 1 unspecified atom stereocenters. The number of benzene rings is 1. The molecule has 0 bridgehead atoms. The van der Waals surface area contributed by atoms with Crippen molar-refractivity contribution in [2.45, 2.75) is 25.4 Å². The van der Waals surface area contributed by atoms with Crippen LogP contribution in [0.25, 0.3) is 11.0 Å². The molecule has 0 aliphatic carbocycles. The summed E-state index contributed by atoms with van der Waals surface area (Å²) in [4.78, 5) is 0. The van der Waals surface area contributed by atoms with Crippen LogP contribution in [0.1, 0.15) is 19.3 Å². The monoisotopic (exact) mass is 231 g/mol. The number of hydrogen-bond acceptors (Lipinski definition) is 3. The normalized spacial score (nSPS) is 21.3. The number of fused-ring (bicyclic) bond motifs is 1. The molecule has 3 nitrogen and oxygen atoms in total. The van der Waals surface area contributed by atoms with E-state index < -0.39 is 0 Å². The van der Waals surface area contributed by atoms with E-state index in [9.17, 15) is 0 Å². The van der Waals surface area contributed by atoms with Gasteiger partial charge in [0.05, 0.1) is 17.8 Å². The lowest BCUT2D eigenvalue weighted by atomic mass is 10.1.